The van der Waals surface area contributed by atoms with Gasteiger partial charge in [0.15, 0.2) is 0 Å². The van der Waals surface area contributed by atoms with E-state index in [0.29, 0.717) is 6.54 Å². The third-order valence-electron chi connectivity index (χ3n) is 5.01. The first-order chi connectivity index (χ1) is 8.61. The van der Waals surface area contributed by atoms with E-state index >= 15 is 0 Å². The summed E-state index contributed by atoms with van der Waals surface area (Å²) in [6.07, 6.45) is 5.39. The molecule has 1 aliphatic carbocycles. The first-order valence-corrected chi connectivity index (χ1v) is 7.19. The van der Waals surface area contributed by atoms with Crippen LogP contribution in [-0.4, -0.2) is 28.8 Å². The fourth-order valence-corrected chi connectivity index (χ4v) is 3.58. The van der Waals surface area contributed by atoms with Crippen LogP contribution in [0, 0.1) is 11.8 Å². The van der Waals surface area contributed by atoms with Crippen LogP contribution in [0.1, 0.15) is 52.4 Å². The van der Waals surface area contributed by atoms with Crippen LogP contribution in [0.2, 0.25) is 0 Å². The molecule has 1 aliphatic heterocycles. The third-order valence-corrected chi connectivity index (χ3v) is 5.01. The molecule has 2 N–H and O–H groups in total. The van der Waals surface area contributed by atoms with E-state index in [1.165, 1.54) is 4.90 Å². The Bertz CT molecular complexity index is 317. The van der Waals surface area contributed by atoms with Gasteiger partial charge in [-0.3, -0.25) is 14.5 Å². The van der Waals surface area contributed by atoms with Gasteiger partial charge in [0.05, 0.1) is 17.4 Å². The van der Waals surface area contributed by atoms with E-state index in [1.54, 1.807) is 0 Å². The number of carbonyl (C=O) groups is 2. The van der Waals surface area contributed by atoms with E-state index in [0.717, 1.165) is 38.5 Å². The summed E-state index contributed by atoms with van der Waals surface area (Å²) in [4.78, 5) is 26.6. The predicted octanol–water partition coefficient (Wildman–Crippen LogP) is 1.68. The summed E-state index contributed by atoms with van der Waals surface area (Å²) in [5.41, 5.74) is 5.42. The van der Waals surface area contributed by atoms with Crippen LogP contribution in [0.4, 0.5) is 0 Å². The average Bonchev–Trinajstić information content (AvgIpc) is 2.67. The Morgan fingerprint density at radius 2 is 1.56 bits per heavy atom. The number of likely N-dealkylation sites (tertiary alicyclic amines) is 1. The van der Waals surface area contributed by atoms with Crippen molar-refractivity contribution in [2.75, 3.05) is 6.54 Å². The number of fused-ring (bicyclic) bond motifs is 1. The highest BCUT2D eigenvalue weighted by molar-refractivity contribution is 6.06. The number of hydrogen-bond donors (Lipinski definition) is 1. The average molecular weight is 252 g/mol. The molecule has 2 rings (SSSR count). The van der Waals surface area contributed by atoms with E-state index in [2.05, 4.69) is 0 Å². The SMILES string of the molecule is CCC(CC)(CN)N1C(=O)C2CCCCC2C1=O. The second-order valence-corrected chi connectivity index (χ2v) is 5.64. The van der Waals surface area contributed by atoms with E-state index in [-0.39, 0.29) is 23.7 Å². The van der Waals surface area contributed by atoms with Crippen LogP contribution in [0.5, 0.6) is 0 Å². The van der Waals surface area contributed by atoms with Crippen molar-refractivity contribution >= 4 is 11.8 Å². The molecule has 2 unspecified atom stereocenters. The summed E-state index contributed by atoms with van der Waals surface area (Å²) < 4.78 is 0. The van der Waals surface area contributed by atoms with E-state index in [1.807, 2.05) is 13.8 Å². The molecule has 0 aromatic rings. The summed E-state index contributed by atoms with van der Waals surface area (Å²) in [6.45, 7) is 4.40. The van der Waals surface area contributed by atoms with Crippen molar-refractivity contribution in [3.63, 3.8) is 0 Å². The fourth-order valence-electron chi connectivity index (χ4n) is 3.58. The number of amides is 2. The number of nitrogens with two attached hydrogens (primary N) is 1. The molecule has 1 saturated carbocycles. The molecule has 0 aromatic heterocycles. The first kappa shape index (κ1) is 13.5. The number of carbonyl (C=O) groups excluding carboxylic acids is 2. The van der Waals surface area contributed by atoms with E-state index < -0.39 is 5.54 Å². The molecule has 4 nitrogen and oxygen atoms in total. The Hall–Kier alpha value is -0.900. The van der Waals surface area contributed by atoms with Crippen LogP contribution < -0.4 is 5.73 Å². The Morgan fingerprint density at radius 1 is 1.11 bits per heavy atom. The number of imide groups is 1. The molecule has 102 valence electrons. The zero-order valence-corrected chi connectivity index (χ0v) is 11.4. The standard InChI is InChI=1S/C14H24N2O2/c1-3-14(4-2,9-15)16-12(17)10-7-5-6-8-11(10)13(16)18/h10-11H,3-9,15H2,1-2H3. The normalized spacial score (nSPS) is 28.7. The van der Waals surface area contributed by atoms with E-state index in [4.69, 9.17) is 5.73 Å². The zero-order valence-electron chi connectivity index (χ0n) is 11.4. The lowest BCUT2D eigenvalue weighted by Crippen LogP contribution is -2.56. The van der Waals surface area contributed by atoms with Crippen LogP contribution in [0.15, 0.2) is 0 Å². The number of rotatable bonds is 4. The van der Waals surface area contributed by atoms with Crippen LogP contribution >= 0.6 is 0 Å². The minimum Gasteiger partial charge on any atom is -0.328 e. The topological polar surface area (TPSA) is 63.4 Å². The molecule has 2 atom stereocenters. The van der Waals surface area contributed by atoms with Crippen molar-refractivity contribution in [3.8, 4) is 0 Å². The van der Waals surface area contributed by atoms with Gasteiger partial charge in [-0.1, -0.05) is 26.7 Å². The van der Waals surface area contributed by atoms with Gasteiger partial charge in [-0.25, -0.2) is 0 Å². The Morgan fingerprint density at radius 3 is 1.89 bits per heavy atom. The quantitative estimate of drug-likeness (QED) is 0.774. The highest BCUT2D eigenvalue weighted by atomic mass is 16.2. The maximum Gasteiger partial charge on any atom is 0.233 e. The third kappa shape index (κ3) is 1.78. The molecular weight excluding hydrogens is 228 g/mol. The zero-order chi connectivity index (χ0) is 13.3. The van der Waals surface area contributed by atoms with Crippen molar-refractivity contribution in [1.82, 2.24) is 4.90 Å². The van der Waals surface area contributed by atoms with Gasteiger partial charge in [0, 0.05) is 6.54 Å². The Kier molecular flexibility index (Phi) is 3.76. The maximum atomic E-state index is 12.5. The molecule has 1 saturated heterocycles. The van der Waals surface area contributed by atoms with Gasteiger partial charge in [-0.15, -0.1) is 0 Å². The molecule has 18 heavy (non-hydrogen) atoms. The second-order valence-electron chi connectivity index (χ2n) is 5.64. The van der Waals surface area contributed by atoms with E-state index in [9.17, 15) is 9.59 Å². The van der Waals surface area contributed by atoms with Gasteiger partial charge in [0.1, 0.15) is 0 Å². The number of nitrogens with zero attached hydrogens (tertiary/aromatic N) is 1. The molecule has 2 aliphatic rings. The Labute approximate surface area is 109 Å². The predicted molar refractivity (Wildman–Crippen MR) is 69.7 cm³/mol. The van der Waals surface area contributed by atoms with Crippen molar-refractivity contribution in [1.29, 1.82) is 0 Å². The molecule has 4 heteroatoms. The summed E-state index contributed by atoms with van der Waals surface area (Å²) in [7, 11) is 0. The lowest BCUT2D eigenvalue weighted by atomic mass is 9.81. The van der Waals surface area contributed by atoms with Crippen LogP contribution in [0.25, 0.3) is 0 Å². The monoisotopic (exact) mass is 252 g/mol. The van der Waals surface area contributed by atoms with Crippen molar-refractivity contribution in [3.05, 3.63) is 0 Å². The number of hydrogen-bond acceptors (Lipinski definition) is 3. The molecular formula is C14H24N2O2. The highest BCUT2D eigenvalue weighted by Crippen LogP contribution is 2.42. The van der Waals surface area contributed by atoms with Crippen molar-refractivity contribution < 1.29 is 9.59 Å². The van der Waals surface area contributed by atoms with Gasteiger partial charge in [-0.05, 0) is 25.7 Å². The van der Waals surface area contributed by atoms with Crippen molar-refractivity contribution in [2.24, 2.45) is 17.6 Å². The van der Waals surface area contributed by atoms with Crippen LogP contribution in [-0.2, 0) is 9.59 Å². The fraction of sp³-hybridized carbons (Fsp3) is 0.857. The molecule has 0 radical (unpaired) electrons. The lowest BCUT2D eigenvalue weighted by molar-refractivity contribution is -0.147. The minimum absolute atomic E-state index is 0.0406. The molecule has 2 fully saturated rings. The van der Waals surface area contributed by atoms with Gasteiger partial charge < -0.3 is 5.73 Å². The minimum atomic E-state index is -0.453. The molecule has 0 spiro atoms. The lowest BCUT2D eigenvalue weighted by Gasteiger charge is -2.38. The maximum absolute atomic E-state index is 12.5. The molecule has 0 aromatic carbocycles. The highest BCUT2D eigenvalue weighted by Gasteiger charge is 2.53. The molecule has 2 amide bonds. The van der Waals surface area contributed by atoms with Gasteiger partial charge in [-0.2, -0.15) is 0 Å². The van der Waals surface area contributed by atoms with Crippen molar-refractivity contribution in [2.45, 2.75) is 57.9 Å². The first-order valence-electron chi connectivity index (χ1n) is 7.19. The molecule has 0 bridgehead atoms. The summed E-state index contributed by atoms with van der Waals surface area (Å²) in [5, 5.41) is 0. The largest absolute Gasteiger partial charge is 0.328 e. The molecule has 1 heterocycles. The summed E-state index contributed by atoms with van der Waals surface area (Å²) in [5.74, 6) is -0.0387. The smallest absolute Gasteiger partial charge is 0.233 e. The van der Waals surface area contributed by atoms with Gasteiger partial charge in [0.2, 0.25) is 11.8 Å². The summed E-state index contributed by atoms with van der Waals surface area (Å²) >= 11 is 0. The summed E-state index contributed by atoms with van der Waals surface area (Å²) in [6, 6.07) is 0. The second kappa shape index (κ2) is 5.00. The van der Waals surface area contributed by atoms with Crippen LogP contribution in [0.3, 0.4) is 0 Å². The van der Waals surface area contributed by atoms with Gasteiger partial charge in [0.25, 0.3) is 0 Å². The Balaban J connectivity index is 2.33. The van der Waals surface area contributed by atoms with Gasteiger partial charge >= 0.3 is 0 Å².